The summed E-state index contributed by atoms with van der Waals surface area (Å²) in [5.41, 5.74) is 3.61. The van der Waals surface area contributed by atoms with Gasteiger partial charge in [0.05, 0.1) is 0 Å². The van der Waals surface area contributed by atoms with Gasteiger partial charge in [-0.1, -0.05) is 50.6 Å². The van der Waals surface area contributed by atoms with Gasteiger partial charge in [-0.15, -0.1) is 0 Å². The zero-order chi connectivity index (χ0) is 21.3. The monoisotopic (exact) mass is 409 g/mol. The molecule has 0 radical (unpaired) electrons. The number of anilines is 1. The molecule has 6 nitrogen and oxygen atoms in total. The lowest BCUT2D eigenvalue weighted by Crippen LogP contribution is -2.42. The van der Waals surface area contributed by atoms with Gasteiger partial charge in [0.1, 0.15) is 11.6 Å². The zero-order valence-electron chi connectivity index (χ0n) is 18.7. The first kappa shape index (κ1) is 22.1. The summed E-state index contributed by atoms with van der Waals surface area (Å²) in [5, 5.41) is 3.05. The Hall–Kier alpha value is -2.63. The van der Waals surface area contributed by atoms with Crippen LogP contribution in [0.2, 0.25) is 0 Å². The third kappa shape index (κ3) is 5.71. The second kappa shape index (κ2) is 11.0. The average Bonchev–Trinajstić information content (AvgIpc) is 3.02. The molecule has 1 aliphatic heterocycles. The van der Waals surface area contributed by atoms with Crippen molar-refractivity contribution in [2.24, 2.45) is 0 Å². The Balaban J connectivity index is 1.79. The predicted octanol–water partition coefficient (Wildman–Crippen LogP) is 3.96. The maximum absolute atomic E-state index is 12.5. The standard InChI is InChI=1S/C24H35N5O/c1-4-6-13-25-24(30)29-15-10-14-28(16-17-29)23-21(18-20-11-8-7-9-12-20)22(5-2)26-19(3)27-23/h7-9,11-12H,4-6,10,13-18H2,1-3H3,(H,25,30). The van der Waals surface area contributed by atoms with E-state index in [0.717, 1.165) is 75.6 Å². The third-order valence-electron chi connectivity index (χ3n) is 5.63. The summed E-state index contributed by atoms with van der Waals surface area (Å²) >= 11 is 0. The number of nitrogens with zero attached hydrogens (tertiary/aromatic N) is 4. The lowest BCUT2D eigenvalue weighted by Gasteiger charge is -2.26. The summed E-state index contributed by atoms with van der Waals surface area (Å²) < 4.78 is 0. The van der Waals surface area contributed by atoms with Crippen LogP contribution in [0, 0.1) is 6.92 Å². The molecule has 6 heteroatoms. The van der Waals surface area contributed by atoms with Crippen molar-refractivity contribution in [2.75, 3.05) is 37.6 Å². The minimum Gasteiger partial charge on any atom is -0.354 e. The Labute approximate surface area is 180 Å². The van der Waals surface area contributed by atoms with Crippen LogP contribution in [0.5, 0.6) is 0 Å². The topological polar surface area (TPSA) is 61.4 Å². The number of amides is 2. The molecule has 1 fully saturated rings. The molecular formula is C24H35N5O. The summed E-state index contributed by atoms with van der Waals surface area (Å²) in [4.78, 5) is 26.4. The number of rotatable bonds is 7. The Kier molecular flexibility index (Phi) is 8.05. The fraction of sp³-hybridized carbons (Fsp3) is 0.542. The molecular weight excluding hydrogens is 374 g/mol. The molecule has 162 valence electrons. The zero-order valence-corrected chi connectivity index (χ0v) is 18.7. The number of aromatic nitrogens is 2. The van der Waals surface area contributed by atoms with Crippen molar-refractivity contribution >= 4 is 11.8 Å². The molecule has 2 heterocycles. The van der Waals surface area contributed by atoms with Gasteiger partial charge in [-0.05, 0) is 31.7 Å². The van der Waals surface area contributed by atoms with E-state index in [1.54, 1.807) is 0 Å². The molecule has 0 aliphatic carbocycles. The van der Waals surface area contributed by atoms with E-state index in [1.165, 1.54) is 11.1 Å². The van der Waals surface area contributed by atoms with Crippen LogP contribution in [0.3, 0.4) is 0 Å². The summed E-state index contributed by atoms with van der Waals surface area (Å²) in [5.74, 6) is 1.86. The minimum atomic E-state index is 0.0583. The number of aryl methyl sites for hydroxylation is 2. The molecule has 0 bridgehead atoms. The second-order valence-electron chi connectivity index (χ2n) is 7.95. The first-order valence-corrected chi connectivity index (χ1v) is 11.3. The maximum Gasteiger partial charge on any atom is 0.317 e. The van der Waals surface area contributed by atoms with Crippen molar-refractivity contribution in [3.05, 3.63) is 53.0 Å². The molecule has 1 N–H and O–H groups in total. The van der Waals surface area contributed by atoms with E-state index in [1.807, 2.05) is 17.9 Å². The van der Waals surface area contributed by atoms with Crippen molar-refractivity contribution in [2.45, 2.75) is 52.9 Å². The Morgan fingerprint density at radius 3 is 2.60 bits per heavy atom. The van der Waals surface area contributed by atoms with Crippen LogP contribution >= 0.6 is 0 Å². The van der Waals surface area contributed by atoms with Crippen LogP contribution in [0.4, 0.5) is 10.6 Å². The Morgan fingerprint density at radius 2 is 1.87 bits per heavy atom. The molecule has 1 aromatic heterocycles. The largest absolute Gasteiger partial charge is 0.354 e. The first-order chi connectivity index (χ1) is 14.6. The highest BCUT2D eigenvalue weighted by Crippen LogP contribution is 2.26. The van der Waals surface area contributed by atoms with E-state index in [2.05, 4.69) is 48.3 Å². The van der Waals surface area contributed by atoms with E-state index in [4.69, 9.17) is 9.97 Å². The van der Waals surface area contributed by atoms with Gasteiger partial charge in [-0.25, -0.2) is 14.8 Å². The second-order valence-corrected chi connectivity index (χ2v) is 7.95. The number of carbonyl (C=O) groups excluding carboxylic acids is 1. The van der Waals surface area contributed by atoms with Gasteiger partial charge in [0.2, 0.25) is 0 Å². The van der Waals surface area contributed by atoms with Gasteiger partial charge in [0.25, 0.3) is 0 Å². The fourth-order valence-corrected chi connectivity index (χ4v) is 3.99. The van der Waals surface area contributed by atoms with Crippen LogP contribution in [0.15, 0.2) is 30.3 Å². The van der Waals surface area contributed by atoms with E-state index in [-0.39, 0.29) is 6.03 Å². The number of hydrogen-bond donors (Lipinski definition) is 1. The molecule has 3 rings (SSSR count). The smallest absolute Gasteiger partial charge is 0.317 e. The number of benzene rings is 1. The van der Waals surface area contributed by atoms with Gasteiger partial charge < -0.3 is 15.1 Å². The SMILES string of the molecule is CCCCNC(=O)N1CCCN(c2nc(C)nc(CC)c2Cc2ccccc2)CC1. The predicted molar refractivity (Wildman–Crippen MR) is 122 cm³/mol. The lowest BCUT2D eigenvalue weighted by molar-refractivity contribution is 0.201. The lowest BCUT2D eigenvalue weighted by atomic mass is 10.0. The fourth-order valence-electron chi connectivity index (χ4n) is 3.99. The Morgan fingerprint density at radius 1 is 1.07 bits per heavy atom. The minimum absolute atomic E-state index is 0.0583. The van der Waals surface area contributed by atoms with E-state index in [0.29, 0.717) is 6.54 Å². The van der Waals surface area contributed by atoms with E-state index in [9.17, 15) is 4.79 Å². The number of carbonyl (C=O) groups is 1. The van der Waals surface area contributed by atoms with E-state index < -0.39 is 0 Å². The quantitative estimate of drug-likeness (QED) is 0.703. The molecule has 2 aromatic rings. The molecule has 0 saturated carbocycles. The average molecular weight is 410 g/mol. The summed E-state index contributed by atoms with van der Waals surface area (Å²) in [6.45, 7) is 10.2. The summed E-state index contributed by atoms with van der Waals surface area (Å²) in [7, 11) is 0. The van der Waals surface area contributed by atoms with Crippen LogP contribution in [-0.4, -0.2) is 53.6 Å². The highest BCUT2D eigenvalue weighted by molar-refractivity contribution is 5.74. The van der Waals surface area contributed by atoms with Crippen LogP contribution in [-0.2, 0) is 12.8 Å². The van der Waals surface area contributed by atoms with Gasteiger partial charge in [0.15, 0.2) is 0 Å². The molecule has 0 spiro atoms. The molecule has 1 aliphatic rings. The van der Waals surface area contributed by atoms with Gasteiger partial charge >= 0.3 is 6.03 Å². The number of urea groups is 1. The highest BCUT2D eigenvalue weighted by atomic mass is 16.2. The molecule has 1 aromatic carbocycles. The van der Waals surface area contributed by atoms with Crippen molar-refractivity contribution < 1.29 is 4.79 Å². The Bertz CT molecular complexity index is 824. The summed E-state index contributed by atoms with van der Waals surface area (Å²) in [6, 6.07) is 10.6. The van der Waals surface area contributed by atoms with Gasteiger partial charge in [-0.3, -0.25) is 0 Å². The summed E-state index contributed by atoms with van der Waals surface area (Å²) in [6.07, 6.45) is 4.77. The first-order valence-electron chi connectivity index (χ1n) is 11.3. The molecule has 0 atom stereocenters. The van der Waals surface area contributed by atoms with Crippen molar-refractivity contribution in [1.29, 1.82) is 0 Å². The molecule has 1 saturated heterocycles. The third-order valence-corrected chi connectivity index (χ3v) is 5.63. The molecule has 2 amide bonds. The van der Waals surface area contributed by atoms with Crippen LogP contribution < -0.4 is 10.2 Å². The van der Waals surface area contributed by atoms with Crippen LogP contribution in [0.1, 0.15) is 55.8 Å². The molecule has 30 heavy (non-hydrogen) atoms. The molecule has 0 unspecified atom stereocenters. The van der Waals surface area contributed by atoms with Gasteiger partial charge in [-0.2, -0.15) is 0 Å². The van der Waals surface area contributed by atoms with Crippen LogP contribution in [0.25, 0.3) is 0 Å². The normalized spacial score (nSPS) is 14.5. The van der Waals surface area contributed by atoms with Crippen molar-refractivity contribution in [3.63, 3.8) is 0 Å². The number of nitrogens with one attached hydrogen (secondary N) is 1. The number of unbranched alkanes of at least 4 members (excludes halogenated alkanes) is 1. The number of hydrogen-bond acceptors (Lipinski definition) is 4. The van der Waals surface area contributed by atoms with E-state index >= 15 is 0 Å². The maximum atomic E-state index is 12.5. The van der Waals surface area contributed by atoms with Gasteiger partial charge in [0, 0.05) is 50.4 Å². The van der Waals surface area contributed by atoms with Crippen molar-refractivity contribution in [1.82, 2.24) is 20.2 Å². The van der Waals surface area contributed by atoms with Crippen molar-refractivity contribution in [3.8, 4) is 0 Å². The highest BCUT2D eigenvalue weighted by Gasteiger charge is 2.23.